The van der Waals surface area contributed by atoms with E-state index in [1.807, 2.05) is 16.6 Å². The Morgan fingerprint density at radius 1 is 1.38 bits per heavy atom. The van der Waals surface area contributed by atoms with E-state index < -0.39 is 5.97 Å². The number of rotatable bonds is 3. The fourth-order valence-corrected chi connectivity index (χ4v) is 3.25. The van der Waals surface area contributed by atoms with Gasteiger partial charge in [0.1, 0.15) is 0 Å². The number of carboxylic acids is 1. The number of hydrogen-bond donors (Lipinski definition) is 1. The number of aromatic nitrogens is 2. The van der Waals surface area contributed by atoms with Crippen molar-refractivity contribution in [3.05, 3.63) is 29.5 Å². The van der Waals surface area contributed by atoms with E-state index in [9.17, 15) is 4.79 Å². The first kappa shape index (κ1) is 14.1. The van der Waals surface area contributed by atoms with E-state index in [0.717, 1.165) is 25.9 Å². The van der Waals surface area contributed by atoms with Crippen LogP contribution in [0.5, 0.6) is 0 Å². The molecule has 1 aliphatic rings. The van der Waals surface area contributed by atoms with Crippen LogP contribution in [-0.2, 0) is 11.8 Å². The zero-order valence-electron chi connectivity index (χ0n) is 12.5. The summed E-state index contributed by atoms with van der Waals surface area (Å²) in [5.74, 6) is -0.311. The molecule has 21 heavy (non-hydrogen) atoms. The molecule has 5 heteroatoms. The Morgan fingerprint density at radius 3 is 2.76 bits per heavy atom. The van der Waals surface area contributed by atoms with Crippen LogP contribution in [0.3, 0.4) is 0 Å². The highest BCUT2D eigenvalue weighted by Gasteiger charge is 2.25. The molecule has 0 atom stereocenters. The number of nitrogens with zero attached hydrogens (tertiary/aromatic N) is 3. The van der Waals surface area contributed by atoms with Crippen LogP contribution in [0.15, 0.2) is 18.2 Å². The van der Waals surface area contributed by atoms with E-state index in [1.165, 1.54) is 22.2 Å². The van der Waals surface area contributed by atoms with Gasteiger partial charge >= 0.3 is 5.97 Å². The highest BCUT2D eigenvalue weighted by molar-refractivity contribution is 5.83. The van der Waals surface area contributed by atoms with Gasteiger partial charge in [-0.3, -0.25) is 14.4 Å². The fraction of sp³-hybridized carbons (Fsp3) is 0.500. The average molecular weight is 287 g/mol. The lowest BCUT2D eigenvalue weighted by molar-refractivity contribution is -0.138. The van der Waals surface area contributed by atoms with Gasteiger partial charge in [0.2, 0.25) is 0 Å². The third kappa shape index (κ3) is 2.78. The average Bonchev–Trinajstić information content (AvgIpc) is 2.76. The summed E-state index contributed by atoms with van der Waals surface area (Å²) in [5.41, 5.74) is 3.59. The Morgan fingerprint density at radius 2 is 2.10 bits per heavy atom. The summed E-state index contributed by atoms with van der Waals surface area (Å²) in [4.78, 5) is 12.8. The molecule has 1 aromatic heterocycles. The van der Waals surface area contributed by atoms with Crippen molar-refractivity contribution in [2.45, 2.75) is 25.7 Å². The van der Waals surface area contributed by atoms with Crippen molar-refractivity contribution in [3.63, 3.8) is 0 Å². The number of hydrogen-bond acceptors (Lipinski definition) is 3. The molecule has 2 heterocycles. The third-order valence-electron chi connectivity index (χ3n) is 4.37. The molecule has 1 saturated heterocycles. The van der Waals surface area contributed by atoms with Gasteiger partial charge in [0.15, 0.2) is 0 Å². The summed E-state index contributed by atoms with van der Waals surface area (Å²) < 4.78 is 1.96. The van der Waals surface area contributed by atoms with E-state index in [0.29, 0.717) is 5.92 Å². The largest absolute Gasteiger partial charge is 0.480 e. The van der Waals surface area contributed by atoms with Crippen LogP contribution in [0.2, 0.25) is 0 Å². The van der Waals surface area contributed by atoms with Crippen molar-refractivity contribution in [2.75, 3.05) is 19.6 Å². The van der Waals surface area contributed by atoms with Gasteiger partial charge < -0.3 is 5.11 Å². The number of aliphatic carboxylic acids is 1. The predicted octanol–water partition coefficient (Wildman–Crippen LogP) is 2.15. The van der Waals surface area contributed by atoms with E-state index in [-0.39, 0.29) is 6.54 Å². The molecule has 2 aromatic rings. The first-order valence-corrected chi connectivity index (χ1v) is 7.42. The quantitative estimate of drug-likeness (QED) is 0.939. The lowest BCUT2D eigenvalue weighted by Crippen LogP contribution is -2.36. The standard InChI is InChI=1S/C16H21N3O2/c1-11-3-4-13-14(9-11)18(2)17-16(13)12-5-7-19(8-6-12)10-15(20)21/h3-4,9,12H,5-8,10H2,1-2H3,(H,20,21). The molecule has 0 aliphatic carbocycles. The smallest absolute Gasteiger partial charge is 0.317 e. The van der Waals surface area contributed by atoms with Crippen LogP contribution >= 0.6 is 0 Å². The molecule has 0 spiro atoms. The lowest BCUT2D eigenvalue weighted by Gasteiger charge is -2.30. The SMILES string of the molecule is Cc1ccc2c(C3CCN(CC(=O)O)CC3)nn(C)c2c1. The number of piperidine rings is 1. The van der Waals surface area contributed by atoms with Crippen LogP contribution in [0.4, 0.5) is 0 Å². The third-order valence-corrected chi connectivity index (χ3v) is 4.37. The number of carboxylic acid groups (broad SMARTS) is 1. The minimum atomic E-state index is -0.743. The molecular weight excluding hydrogens is 266 g/mol. The molecule has 0 bridgehead atoms. The van der Waals surface area contributed by atoms with Crippen LogP contribution in [-0.4, -0.2) is 45.4 Å². The summed E-state index contributed by atoms with van der Waals surface area (Å²) in [6.07, 6.45) is 1.96. The molecule has 112 valence electrons. The number of carbonyl (C=O) groups is 1. The molecule has 1 aliphatic heterocycles. The Labute approximate surface area is 124 Å². The van der Waals surface area contributed by atoms with Crippen LogP contribution in [0, 0.1) is 6.92 Å². The second-order valence-corrected chi connectivity index (χ2v) is 5.97. The van der Waals surface area contributed by atoms with Crippen molar-refractivity contribution in [1.82, 2.24) is 14.7 Å². The van der Waals surface area contributed by atoms with Gasteiger partial charge in [-0.15, -0.1) is 0 Å². The number of likely N-dealkylation sites (tertiary alicyclic amines) is 1. The number of aryl methyl sites for hydroxylation is 2. The molecule has 1 fully saturated rings. The normalized spacial score (nSPS) is 17.4. The molecule has 0 amide bonds. The zero-order valence-corrected chi connectivity index (χ0v) is 12.5. The van der Waals surface area contributed by atoms with Gasteiger partial charge in [-0.2, -0.15) is 5.10 Å². The van der Waals surface area contributed by atoms with Crippen molar-refractivity contribution in [1.29, 1.82) is 0 Å². The van der Waals surface area contributed by atoms with E-state index in [1.54, 1.807) is 0 Å². The Hall–Kier alpha value is -1.88. The maximum absolute atomic E-state index is 10.8. The topological polar surface area (TPSA) is 58.4 Å². The first-order valence-electron chi connectivity index (χ1n) is 7.42. The van der Waals surface area contributed by atoms with Gasteiger partial charge in [-0.1, -0.05) is 12.1 Å². The number of benzene rings is 1. The molecule has 5 nitrogen and oxygen atoms in total. The predicted molar refractivity (Wildman–Crippen MR) is 81.5 cm³/mol. The highest BCUT2D eigenvalue weighted by atomic mass is 16.4. The summed E-state index contributed by atoms with van der Waals surface area (Å²) in [7, 11) is 1.99. The maximum atomic E-state index is 10.8. The van der Waals surface area contributed by atoms with Gasteiger partial charge in [-0.25, -0.2) is 0 Å². The first-order chi connectivity index (χ1) is 10.0. The van der Waals surface area contributed by atoms with Crippen molar-refractivity contribution < 1.29 is 9.90 Å². The molecule has 3 rings (SSSR count). The molecule has 0 unspecified atom stereocenters. The summed E-state index contributed by atoms with van der Waals surface area (Å²) in [6.45, 7) is 3.91. The maximum Gasteiger partial charge on any atom is 0.317 e. The molecule has 0 saturated carbocycles. The van der Waals surface area contributed by atoms with E-state index >= 15 is 0 Å². The summed E-state index contributed by atoms with van der Waals surface area (Å²) >= 11 is 0. The van der Waals surface area contributed by atoms with Crippen LogP contribution in [0.1, 0.15) is 30.0 Å². The second-order valence-electron chi connectivity index (χ2n) is 5.97. The number of fused-ring (bicyclic) bond motifs is 1. The van der Waals surface area contributed by atoms with Gasteiger partial charge in [0, 0.05) is 18.4 Å². The lowest BCUT2D eigenvalue weighted by atomic mass is 9.91. The van der Waals surface area contributed by atoms with Gasteiger partial charge in [0.05, 0.1) is 17.8 Å². The zero-order chi connectivity index (χ0) is 15.0. The Kier molecular flexibility index (Phi) is 3.68. The van der Waals surface area contributed by atoms with E-state index in [2.05, 4.69) is 25.1 Å². The van der Waals surface area contributed by atoms with Crippen molar-refractivity contribution in [3.8, 4) is 0 Å². The van der Waals surface area contributed by atoms with Crippen molar-refractivity contribution >= 4 is 16.9 Å². The van der Waals surface area contributed by atoms with Crippen LogP contribution < -0.4 is 0 Å². The fourth-order valence-electron chi connectivity index (χ4n) is 3.25. The van der Waals surface area contributed by atoms with Crippen molar-refractivity contribution in [2.24, 2.45) is 7.05 Å². The minimum absolute atomic E-state index is 0.148. The Bertz CT molecular complexity index is 669. The molecular formula is C16H21N3O2. The molecule has 1 aromatic carbocycles. The highest BCUT2D eigenvalue weighted by Crippen LogP contribution is 2.32. The van der Waals surface area contributed by atoms with E-state index in [4.69, 9.17) is 10.2 Å². The molecule has 1 N–H and O–H groups in total. The summed E-state index contributed by atoms with van der Waals surface area (Å²) in [5, 5.41) is 14.8. The minimum Gasteiger partial charge on any atom is -0.480 e. The van der Waals surface area contributed by atoms with Crippen LogP contribution in [0.25, 0.3) is 10.9 Å². The van der Waals surface area contributed by atoms with Gasteiger partial charge in [0.25, 0.3) is 0 Å². The Balaban J connectivity index is 1.81. The van der Waals surface area contributed by atoms with Gasteiger partial charge in [-0.05, 0) is 44.5 Å². The second kappa shape index (κ2) is 5.48. The molecule has 0 radical (unpaired) electrons. The monoisotopic (exact) mass is 287 g/mol. The summed E-state index contributed by atoms with van der Waals surface area (Å²) in [6, 6.07) is 6.47.